The predicted molar refractivity (Wildman–Crippen MR) is 65.5 cm³/mol. The third-order valence-electron chi connectivity index (χ3n) is 1.39. The molecule has 0 heterocycles. The molecule has 0 amide bonds. The van der Waals surface area contributed by atoms with Crippen LogP contribution in [0.4, 0.5) is 0 Å². The molecule has 1 aromatic rings. The van der Waals surface area contributed by atoms with Crippen molar-refractivity contribution in [2.45, 2.75) is 6.04 Å². The highest BCUT2D eigenvalue weighted by atomic mass is 127. The Balaban J connectivity index is 3.09. The minimum absolute atomic E-state index is 1.26. The van der Waals surface area contributed by atoms with Gasteiger partial charge in [-0.05, 0) is 75.0 Å². The maximum atomic E-state index is 2.40. The van der Waals surface area contributed by atoms with Crippen molar-refractivity contribution < 1.29 is 0 Å². The van der Waals surface area contributed by atoms with Gasteiger partial charge in [-0.3, -0.25) is 0 Å². The molecule has 0 aliphatic carbocycles. The molecule has 0 aromatic heterocycles. The van der Waals surface area contributed by atoms with Crippen molar-refractivity contribution in [3.05, 3.63) is 30.9 Å². The molecule has 0 saturated heterocycles. The van der Waals surface area contributed by atoms with Gasteiger partial charge in [-0.25, -0.2) is 0 Å². The lowest BCUT2D eigenvalue weighted by molar-refractivity contribution is 1.35. The molecule has 0 bridgehead atoms. The third-order valence-corrected chi connectivity index (χ3v) is 3.87. The van der Waals surface area contributed by atoms with Gasteiger partial charge in [0.2, 0.25) is 0 Å². The molecule has 0 radical (unpaired) electrons. The highest BCUT2D eigenvalue weighted by Gasteiger charge is 1.95. The summed E-state index contributed by atoms with van der Waals surface area (Å²) >= 11 is 4.75. The van der Waals surface area contributed by atoms with Crippen LogP contribution in [-0.2, 0) is 6.04 Å². The van der Waals surface area contributed by atoms with Gasteiger partial charge in [0.25, 0.3) is 0 Å². The van der Waals surface area contributed by atoms with Crippen LogP contribution in [0, 0.1) is 7.14 Å². The zero-order chi connectivity index (χ0) is 7.56. The Labute approximate surface area is 91.5 Å². The molecule has 0 N–H and O–H groups in total. The van der Waals surface area contributed by atoms with Crippen LogP contribution in [0.25, 0.3) is 0 Å². The van der Waals surface area contributed by atoms with E-state index in [1.807, 2.05) is 0 Å². The summed E-state index contributed by atoms with van der Waals surface area (Å²) in [5, 5.41) is 0. The van der Waals surface area contributed by atoms with E-state index in [4.69, 9.17) is 0 Å². The summed E-state index contributed by atoms with van der Waals surface area (Å²) in [6, 6.07) is 7.89. The minimum Gasteiger partial charge on any atom is -0.0478 e. The van der Waals surface area contributed by atoms with Crippen molar-refractivity contribution in [1.82, 2.24) is 0 Å². The zero-order valence-electron chi connectivity index (χ0n) is 5.70. The summed E-state index contributed by atoms with van der Waals surface area (Å²) in [6.45, 7) is 0. The highest BCUT2D eigenvalue weighted by Crippen LogP contribution is 2.15. The Kier molecular flexibility index (Phi) is 3.65. The molecule has 0 aliphatic heterocycles. The van der Waals surface area contributed by atoms with E-state index in [0.29, 0.717) is 0 Å². The number of rotatable bonds is 1. The lowest BCUT2D eigenvalue weighted by Gasteiger charge is -1.99. The van der Waals surface area contributed by atoms with Crippen molar-refractivity contribution in [3.63, 3.8) is 0 Å². The fourth-order valence-electron chi connectivity index (χ4n) is 0.814. The molecule has 10 heavy (non-hydrogen) atoms. The van der Waals surface area contributed by atoms with E-state index >= 15 is 0 Å². The van der Waals surface area contributed by atoms with Gasteiger partial charge in [-0.15, -0.1) is 0 Å². The monoisotopic (exact) mass is 374 g/mol. The second-order valence-corrected chi connectivity index (χ2v) is 5.20. The maximum Gasteiger partial charge on any atom is 0.0159 e. The van der Waals surface area contributed by atoms with Crippen LogP contribution in [0.3, 0.4) is 0 Å². The molecule has 3 heteroatoms. The number of hydrogen-bond donors (Lipinski definition) is 0. The molecule has 1 aromatic carbocycles. The standard InChI is InChI=1S/C7H8I2Si/c8-6-1-2-7(9)5(3-6)4-10/h1-3H,4H2,10H3. The van der Waals surface area contributed by atoms with Crippen LogP contribution < -0.4 is 0 Å². The fraction of sp³-hybridized carbons (Fsp3) is 0.143. The molecule has 0 fully saturated rings. The zero-order valence-corrected chi connectivity index (χ0v) is 12.0. The highest BCUT2D eigenvalue weighted by molar-refractivity contribution is 14.1. The summed E-state index contributed by atoms with van der Waals surface area (Å²) < 4.78 is 2.76. The van der Waals surface area contributed by atoms with Crippen LogP contribution in [0.5, 0.6) is 0 Å². The van der Waals surface area contributed by atoms with Crippen LogP contribution in [0.15, 0.2) is 18.2 Å². The van der Waals surface area contributed by atoms with Gasteiger partial charge in [0, 0.05) is 17.4 Å². The van der Waals surface area contributed by atoms with E-state index in [1.165, 1.54) is 29.0 Å². The first-order valence-electron chi connectivity index (χ1n) is 3.18. The first-order valence-corrected chi connectivity index (χ1v) is 6.75. The van der Waals surface area contributed by atoms with Gasteiger partial charge in [0.15, 0.2) is 0 Å². The summed E-state index contributed by atoms with van der Waals surface area (Å²) in [5.41, 5.74) is 1.51. The van der Waals surface area contributed by atoms with E-state index < -0.39 is 0 Å². The van der Waals surface area contributed by atoms with Crippen molar-refractivity contribution >= 4 is 55.4 Å². The van der Waals surface area contributed by atoms with Crippen LogP contribution in [0.2, 0.25) is 0 Å². The Morgan fingerprint density at radius 1 is 1.30 bits per heavy atom. The van der Waals surface area contributed by atoms with E-state index in [0.717, 1.165) is 0 Å². The van der Waals surface area contributed by atoms with E-state index in [1.54, 1.807) is 0 Å². The normalized spacial score (nSPS) is 10.2. The van der Waals surface area contributed by atoms with Crippen LogP contribution >= 0.6 is 45.2 Å². The Hall–Kier alpha value is 0.897. The summed E-state index contributed by atoms with van der Waals surface area (Å²) in [7, 11) is 1.26. The van der Waals surface area contributed by atoms with Crippen molar-refractivity contribution in [1.29, 1.82) is 0 Å². The third kappa shape index (κ3) is 2.20. The molecule has 54 valence electrons. The van der Waals surface area contributed by atoms with E-state index in [-0.39, 0.29) is 0 Å². The Morgan fingerprint density at radius 3 is 2.50 bits per heavy atom. The summed E-state index contributed by atoms with van der Waals surface area (Å²) in [4.78, 5) is 0. The topological polar surface area (TPSA) is 0 Å². The van der Waals surface area contributed by atoms with Gasteiger partial charge in [0.1, 0.15) is 0 Å². The van der Waals surface area contributed by atoms with Crippen molar-refractivity contribution in [3.8, 4) is 0 Å². The van der Waals surface area contributed by atoms with Gasteiger partial charge in [-0.2, -0.15) is 0 Å². The number of benzene rings is 1. The smallest absolute Gasteiger partial charge is 0.0159 e. The molecular weight excluding hydrogens is 366 g/mol. The van der Waals surface area contributed by atoms with Crippen molar-refractivity contribution in [2.75, 3.05) is 0 Å². The molecule has 0 spiro atoms. The quantitative estimate of drug-likeness (QED) is 0.520. The van der Waals surface area contributed by atoms with Crippen molar-refractivity contribution in [2.24, 2.45) is 0 Å². The molecule has 0 nitrogen and oxygen atoms in total. The maximum absolute atomic E-state index is 2.40. The number of hydrogen-bond acceptors (Lipinski definition) is 0. The van der Waals surface area contributed by atoms with E-state index in [2.05, 4.69) is 63.4 Å². The summed E-state index contributed by atoms with van der Waals surface area (Å²) in [6.07, 6.45) is 0. The number of halogens is 2. The predicted octanol–water partition coefficient (Wildman–Crippen LogP) is 1.76. The van der Waals surface area contributed by atoms with Gasteiger partial charge in [-0.1, -0.05) is 0 Å². The average Bonchev–Trinajstić information content (AvgIpc) is 1.94. The van der Waals surface area contributed by atoms with Crippen LogP contribution in [0.1, 0.15) is 5.56 Å². The Morgan fingerprint density at radius 2 is 2.00 bits per heavy atom. The Bertz CT molecular complexity index is 235. The lowest BCUT2D eigenvalue weighted by atomic mass is 10.2. The molecule has 0 unspecified atom stereocenters. The summed E-state index contributed by atoms with van der Waals surface area (Å²) in [5.74, 6) is 0. The second kappa shape index (κ2) is 4.06. The molecule has 0 atom stereocenters. The van der Waals surface area contributed by atoms with E-state index in [9.17, 15) is 0 Å². The minimum atomic E-state index is 1.26. The molecular formula is C7H8I2Si. The lowest BCUT2D eigenvalue weighted by Crippen LogP contribution is -1.88. The molecule has 1 rings (SSSR count). The van der Waals surface area contributed by atoms with Gasteiger partial charge in [0.05, 0.1) is 0 Å². The average molecular weight is 374 g/mol. The SMILES string of the molecule is [SiH3]Cc1cc(I)ccc1I. The molecule has 0 saturated carbocycles. The largest absolute Gasteiger partial charge is 0.0478 e. The van der Waals surface area contributed by atoms with Gasteiger partial charge >= 0.3 is 0 Å². The van der Waals surface area contributed by atoms with Crippen LogP contribution in [-0.4, -0.2) is 10.2 Å². The first-order chi connectivity index (χ1) is 4.74. The molecule has 0 aliphatic rings. The van der Waals surface area contributed by atoms with Gasteiger partial charge < -0.3 is 0 Å². The fourth-order valence-corrected chi connectivity index (χ4v) is 3.39. The first kappa shape index (κ1) is 8.99. The second-order valence-electron chi connectivity index (χ2n) is 2.09.